The number of rotatable bonds is 3. The van der Waals surface area contributed by atoms with Crippen molar-refractivity contribution in [1.29, 1.82) is 0 Å². The molecule has 0 saturated carbocycles. The number of nitro benzene ring substituents is 1. The lowest BCUT2D eigenvalue weighted by Crippen LogP contribution is -2.33. The Balaban J connectivity index is 2.24. The molecule has 0 aromatic heterocycles. The first kappa shape index (κ1) is 13.1. The van der Waals surface area contributed by atoms with E-state index >= 15 is 0 Å². The van der Waals surface area contributed by atoms with Gasteiger partial charge < -0.3 is 4.90 Å². The Morgan fingerprint density at radius 2 is 2.11 bits per heavy atom. The van der Waals surface area contributed by atoms with Gasteiger partial charge in [-0.15, -0.1) is 11.6 Å². The van der Waals surface area contributed by atoms with Gasteiger partial charge in [0.1, 0.15) is 0 Å². The molecule has 0 bridgehead atoms. The largest absolute Gasteiger partial charge is 0.371 e. The van der Waals surface area contributed by atoms with Crippen LogP contribution in [-0.2, 0) is 5.88 Å². The fourth-order valence-electron chi connectivity index (χ4n) is 2.35. The fraction of sp³-hybridized carbons (Fsp3) is 0.538. The van der Waals surface area contributed by atoms with Crippen molar-refractivity contribution in [3.05, 3.63) is 33.9 Å². The highest BCUT2D eigenvalue weighted by Crippen LogP contribution is 2.30. The molecule has 0 N–H and O–H groups in total. The summed E-state index contributed by atoms with van der Waals surface area (Å²) >= 11 is 5.91. The van der Waals surface area contributed by atoms with E-state index in [0.717, 1.165) is 30.3 Å². The van der Waals surface area contributed by atoms with Gasteiger partial charge in [-0.3, -0.25) is 10.1 Å². The monoisotopic (exact) mass is 268 g/mol. The topological polar surface area (TPSA) is 46.4 Å². The van der Waals surface area contributed by atoms with Crippen LogP contribution in [0.1, 0.15) is 25.3 Å². The Hall–Kier alpha value is -1.29. The number of non-ortho nitro benzene ring substituents is 1. The number of nitrogens with zero attached hydrogens (tertiary/aromatic N) is 2. The van der Waals surface area contributed by atoms with Crippen LogP contribution < -0.4 is 4.90 Å². The van der Waals surface area contributed by atoms with Crippen molar-refractivity contribution in [2.75, 3.05) is 18.0 Å². The summed E-state index contributed by atoms with van der Waals surface area (Å²) in [4.78, 5) is 12.7. The molecule has 0 aliphatic carbocycles. The minimum atomic E-state index is -0.377. The van der Waals surface area contributed by atoms with Gasteiger partial charge in [-0.2, -0.15) is 0 Å². The molecule has 1 aliphatic heterocycles. The molecule has 0 atom stereocenters. The molecule has 1 aromatic carbocycles. The molecule has 1 heterocycles. The molecular formula is C13H17ClN2O2. The minimum Gasteiger partial charge on any atom is -0.371 e. The molecule has 0 spiro atoms. The summed E-state index contributed by atoms with van der Waals surface area (Å²) < 4.78 is 0. The van der Waals surface area contributed by atoms with Crippen LogP contribution in [0.2, 0.25) is 0 Å². The maximum Gasteiger partial charge on any atom is 0.269 e. The van der Waals surface area contributed by atoms with Gasteiger partial charge in [-0.1, -0.05) is 6.92 Å². The second-order valence-corrected chi connectivity index (χ2v) is 5.14. The summed E-state index contributed by atoms with van der Waals surface area (Å²) in [6.07, 6.45) is 2.33. The molecule has 1 aromatic rings. The number of piperidine rings is 1. The molecule has 5 heteroatoms. The van der Waals surface area contributed by atoms with E-state index in [1.54, 1.807) is 12.1 Å². The highest BCUT2D eigenvalue weighted by Gasteiger charge is 2.19. The zero-order valence-electron chi connectivity index (χ0n) is 10.4. The van der Waals surface area contributed by atoms with E-state index < -0.39 is 0 Å². The van der Waals surface area contributed by atoms with Crippen LogP contribution >= 0.6 is 11.6 Å². The molecule has 1 saturated heterocycles. The first-order valence-corrected chi connectivity index (χ1v) is 6.73. The summed E-state index contributed by atoms with van der Waals surface area (Å²) in [6.45, 7) is 4.27. The lowest BCUT2D eigenvalue weighted by molar-refractivity contribution is -0.384. The Kier molecular flexibility index (Phi) is 4.07. The van der Waals surface area contributed by atoms with Crippen molar-refractivity contribution in [3.63, 3.8) is 0 Å². The van der Waals surface area contributed by atoms with Gasteiger partial charge in [-0.05, 0) is 30.4 Å². The van der Waals surface area contributed by atoms with E-state index in [1.165, 1.54) is 12.8 Å². The Labute approximate surface area is 112 Å². The average molecular weight is 269 g/mol. The van der Waals surface area contributed by atoms with Crippen LogP contribution in [0.4, 0.5) is 11.4 Å². The number of hydrogen-bond acceptors (Lipinski definition) is 3. The second-order valence-electron chi connectivity index (χ2n) is 4.87. The summed E-state index contributed by atoms with van der Waals surface area (Å²) in [5, 5.41) is 10.7. The van der Waals surface area contributed by atoms with Gasteiger partial charge in [0.25, 0.3) is 5.69 Å². The standard InChI is InChI=1S/C13H17ClN2O2/c1-10-4-6-15(7-5-10)13-3-2-12(16(17)18)8-11(13)9-14/h2-3,8,10H,4-7,9H2,1H3. The van der Waals surface area contributed by atoms with E-state index in [9.17, 15) is 10.1 Å². The predicted octanol–water partition coefficient (Wildman–Crippen LogP) is 3.57. The van der Waals surface area contributed by atoms with Crippen molar-refractivity contribution in [2.45, 2.75) is 25.6 Å². The number of halogens is 1. The molecule has 98 valence electrons. The van der Waals surface area contributed by atoms with Crippen molar-refractivity contribution in [3.8, 4) is 0 Å². The maximum absolute atomic E-state index is 10.7. The molecule has 4 nitrogen and oxygen atoms in total. The van der Waals surface area contributed by atoms with Gasteiger partial charge >= 0.3 is 0 Å². The highest BCUT2D eigenvalue weighted by molar-refractivity contribution is 6.17. The molecular weight excluding hydrogens is 252 g/mol. The van der Waals surface area contributed by atoms with E-state index in [4.69, 9.17) is 11.6 Å². The van der Waals surface area contributed by atoms with Crippen LogP contribution in [0.3, 0.4) is 0 Å². The number of alkyl halides is 1. The Morgan fingerprint density at radius 3 is 2.67 bits per heavy atom. The molecule has 0 amide bonds. The molecule has 1 fully saturated rings. The Morgan fingerprint density at radius 1 is 1.44 bits per heavy atom. The number of nitro groups is 1. The van der Waals surface area contributed by atoms with Crippen LogP contribution in [0.5, 0.6) is 0 Å². The predicted molar refractivity (Wildman–Crippen MR) is 73.3 cm³/mol. The minimum absolute atomic E-state index is 0.111. The third-order valence-corrected chi connectivity index (χ3v) is 3.83. The van der Waals surface area contributed by atoms with Gasteiger partial charge in [0, 0.05) is 36.8 Å². The van der Waals surface area contributed by atoms with Crippen molar-refractivity contribution in [2.24, 2.45) is 5.92 Å². The fourth-order valence-corrected chi connectivity index (χ4v) is 2.56. The van der Waals surface area contributed by atoms with Gasteiger partial charge in [0.15, 0.2) is 0 Å². The number of hydrogen-bond donors (Lipinski definition) is 0. The van der Waals surface area contributed by atoms with Crippen molar-refractivity contribution >= 4 is 23.0 Å². The third-order valence-electron chi connectivity index (χ3n) is 3.54. The molecule has 18 heavy (non-hydrogen) atoms. The van der Waals surface area contributed by atoms with Crippen LogP contribution in [0, 0.1) is 16.0 Å². The van der Waals surface area contributed by atoms with E-state index in [0.29, 0.717) is 5.88 Å². The zero-order valence-corrected chi connectivity index (χ0v) is 11.2. The van der Waals surface area contributed by atoms with Gasteiger partial charge in [0.05, 0.1) is 4.92 Å². The third kappa shape index (κ3) is 2.75. The Bertz CT molecular complexity index is 443. The van der Waals surface area contributed by atoms with Crippen LogP contribution in [0.15, 0.2) is 18.2 Å². The lowest BCUT2D eigenvalue weighted by Gasteiger charge is -2.33. The average Bonchev–Trinajstić information content (AvgIpc) is 2.39. The first-order chi connectivity index (χ1) is 8.61. The molecule has 1 aliphatic rings. The van der Waals surface area contributed by atoms with Crippen molar-refractivity contribution in [1.82, 2.24) is 0 Å². The maximum atomic E-state index is 10.7. The number of benzene rings is 1. The van der Waals surface area contributed by atoms with E-state index in [1.807, 2.05) is 6.07 Å². The van der Waals surface area contributed by atoms with Gasteiger partial charge in [-0.25, -0.2) is 0 Å². The van der Waals surface area contributed by atoms with E-state index in [-0.39, 0.29) is 10.6 Å². The molecule has 0 radical (unpaired) electrons. The van der Waals surface area contributed by atoms with Crippen molar-refractivity contribution < 1.29 is 4.92 Å². The van der Waals surface area contributed by atoms with Gasteiger partial charge in [0.2, 0.25) is 0 Å². The second kappa shape index (κ2) is 5.57. The zero-order chi connectivity index (χ0) is 13.1. The molecule has 2 rings (SSSR count). The first-order valence-electron chi connectivity index (χ1n) is 6.20. The summed E-state index contributed by atoms with van der Waals surface area (Å²) in [5.74, 6) is 1.07. The quantitative estimate of drug-likeness (QED) is 0.478. The SMILES string of the molecule is CC1CCN(c2ccc([N+](=O)[O-])cc2CCl)CC1. The summed E-state index contributed by atoms with van der Waals surface area (Å²) in [5.41, 5.74) is 2.00. The van der Waals surface area contributed by atoms with E-state index in [2.05, 4.69) is 11.8 Å². The lowest BCUT2D eigenvalue weighted by atomic mass is 9.98. The van der Waals surface area contributed by atoms with Crippen LogP contribution in [0.25, 0.3) is 0 Å². The summed E-state index contributed by atoms with van der Waals surface area (Å²) in [6, 6.07) is 4.97. The van der Waals surface area contributed by atoms with Crippen LogP contribution in [-0.4, -0.2) is 18.0 Å². The summed E-state index contributed by atoms with van der Waals surface area (Å²) in [7, 11) is 0. The normalized spacial score (nSPS) is 16.9. The number of anilines is 1. The smallest absolute Gasteiger partial charge is 0.269 e. The highest BCUT2D eigenvalue weighted by atomic mass is 35.5. The molecule has 0 unspecified atom stereocenters.